The number of carboxylic acid groups (broad SMARTS) is 1. The van der Waals surface area contributed by atoms with Crippen molar-refractivity contribution in [3.63, 3.8) is 0 Å². The first kappa shape index (κ1) is 13.3. The molecule has 0 aromatic rings. The Morgan fingerprint density at radius 3 is 2.89 bits per heavy atom. The Morgan fingerprint density at radius 2 is 2.22 bits per heavy atom. The Bertz CT molecular complexity index is 315. The van der Waals surface area contributed by atoms with Gasteiger partial charge < -0.3 is 20.1 Å². The van der Waals surface area contributed by atoms with Crippen molar-refractivity contribution in [2.75, 3.05) is 26.2 Å². The summed E-state index contributed by atoms with van der Waals surface area (Å²) in [6.45, 7) is 2.64. The molecule has 2 fully saturated rings. The lowest BCUT2D eigenvalue weighted by Gasteiger charge is -2.34. The standard InChI is InChI=1S/C12H20N2O4/c15-11(7-9-8-13-4-6-18-9)14-5-2-1-3-10(14)12(16)17/h9-10,13H,1-8H2,(H,16,17). The highest BCUT2D eigenvalue weighted by molar-refractivity contribution is 5.84. The third-order valence-electron chi connectivity index (χ3n) is 3.51. The molecule has 6 nitrogen and oxygen atoms in total. The van der Waals surface area contributed by atoms with Gasteiger partial charge in [0.25, 0.3) is 0 Å². The Hall–Kier alpha value is -1.14. The minimum atomic E-state index is -0.897. The molecule has 0 aromatic heterocycles. The quantitative estimate of drug-likeness (QED) is 0.733. The summed E-state index contributed by atoms with van der Waals surface area (Å²) < 4.78 is 5.48. The van der Waals surface area contributed by atoms with Gasteiger partial charge in [0, 0.05) is 19.6 Å². The van der Waals surface area contributed by atoms with Crippen LogP contribution in [0.5, 0.6) is 0 Å². The summed E-state index contributed by atoms with van der Waals surface area (Å²) in [7, 11) is 0. The molecule has 0 aliphatic carbocycles. The number of carboxylic acids is 1. The number of morpholine rings is 1. The zero-order valence-electron chi connectivity index (χ0n) is 10.4. The van der Waals surface area contributed by atoms with Gasteiger partial charge in [0.05, 0.1) is 19.1 Å². The Labute approximate surface area is 106 Å². The molecule has 2 atom stereocenters. The second-order valence-electron chi connectivity index (χ2n) is 4.84. The van der Waals surface area contributed by atoms with E-state index in [-0.39, 0.29) is 18.4 Å². The molecule has 2 N–H and O–H groups in total. The van der Waals surface area contributed by atoms with Gasteiger partial charge in [-0.2, -0.15) is 0 Å². The molecular formula is C12H20N2O4. The van der Waals surface area contributed by atoms with Gasteiger partial charge in [-0.05, 0) is 19.3 Å². The van der Waals surface area contributed by atoms with E-state index < -0.39 is 12.0 Å². The molecule has 6 heteroatoms. The third kappa shape index (κ3) is 3.20. The van der Waals surface area contributed by atoms with Crippen molar-refractivity contribution in [2.45, 2.75) is 37.8 Å². The van der Waals surface area contributed by atoms with E-state index in [2.05, 4.69) is 5.32 Å². The molecular weight excluding hydrogens is 236 g/mol. The smallest absolute Gasteiger partial charge is 0.326 e. The van der Waals surface area contributed by atoms with E-state index in [0.29, 0.717) is 26.1 Å². The van der Waals surface area contributed by atoms with Crippen LogP contribution in [0.15, 0.2) is 0 Å². The van der Waals surface area contributed by atoms with E-state index in [1.54, 1.807) is 0 Å². The lowest BCUT2D eigenvalue weighted by atomic mass is 10.0. The molecule has 102 valence electrons. The van der Waals surface area contributed by atoms with Crippen LogP contribution in [0.25, 0.3) is 0 Å². The van der Waals surface area contributed by atoms with Crippen molar-refractivity contribution < 1.29 is 19.4 Å². The second kappa shape index (κ2) is 6.15. The average Bonchev–Trinajstić information content (AvgIpc) is 2.40. The molecule has 0 radical (unpaired) electrons. The van der Waals surface area contributed by atoms with Crippen LogP contribution < -0.4 is 5.32 Å². The topological polar surface area (TPSA) is 78.9 Å². The van der Waals surface area contributed by atoms with Crippen LogP contribution in [-0.4, -0.2) is 60.3 Å². The van der Waals surface area contributed by atoms with Crippen molar-refractivity contribution in [1.82, 2.24) is 10.2 Å². The molecule has 2 rings (SSSR count). The maximum Gasteiger partial charge on any atom is 0.326 e. The number of likely N-dealkylation sites (tertiary alicyclic amines) is 1. The van der Waals surface area contributed by atoms with Crippen LogP contribution in [0.4, 0.5) is 0 Å². The molecule has 1 amide bonds. The predicted molar refractivity (Wildman–Crippen MR) is 64.2 cm³/mol. The number of nitrogens with zero attached hydrogens (tertiary/aromatic N) is 1. The Balaban J connectivity index is 1.91. The van der Waals surface area contributed by atoms with E-state index in [0.717, 1.165) is 19.4 Å². The fourth-order valence-electron chi connectivity index (χ4n) is 2.55. The molecule has 0 aromatic carbocycles. The highest BCUT2D eigenvalue weighted by Gasteiger charge is 2.33. The van der Waals surface area contributed by atoms with E-state index in [9.17, 15) is 9.59 Å². The van der Waals surface area contributed by atoms with Gasteiger partial charge in [0.1, 0.15) is 6.04 Å². The van der Waals surface area contributed by atoms with E-state index in [4.69, 9.17) is 9.84 Å². The highest BCUT2D eigenvalue weighted by atomic mass is 16.5. The van der Waals surface area contributed by atoms with Gasteiger partial charge >= 0.3 is 5.97 Å². The minimum Gasteiger partial charge on any atom is -0.480 e. The Morgan fingerprint density at radius 1 is 1.39 bits per heavy atom. The number of amides is 1. The van der Waals surface area contributed by atoms with E-state index in [1.807, 2.05) is 0 Å². The summed E-state index contributed by atoms with van der Waals surface area (Å²) >= 11 is 0. The summed E-state index contributed by atoms with van der Waals surface area (Å²) in [5.41, 5.74) is 0. The van der Waals surface area contributed by atoms with Gasteiger partial charge in [-0.15, -0.1) is 0 Å². The van der Waals surface area contributed by atoms with E-state index >= 15 is 0 Å². The highest BCUT2D eigenvalue weighted by Crippen LogP contribution is 2.19. The van der Waals surface area contributed by atoms with Crippen LogP contribution >= 0.6 is 0 Å². The minimum absolute atomic E-state index is 0.101. The molecule has 0 saturated carbocycles. The number of nitrogens with one attached hydrogen (secondary N) is 1. The monoisotopic (exact) mass is 256 g/mol. The SMILES string of the molecule is O=C(O)C1CCCCN1C(=O)CC1CNCCO1. The third-order valence-corrected chi connectivity index (χ3v) is 3.51. The van der Waals surface area contributed by atoms with Gasteiger partial charge in [-0.1, -0.05) is 0 Å². The predicted octanol–water partition coefficient (Wildman–Crippen LogP) is -0.169. The van der Waals surface area contributed by atoms with E-state index in [1.165, 1.54) is 4.90 Å². The number of ether oxygens (including phenoxy) is 1. The van der Waals surface area contributed by atoms with Crippen LogP contribution in [-0.2, 0) is 14.3 Å². The zero-order valence-corrected chi connectivity index (χ0v) is 10.4. The fraction of sp³-hybridized carbons (Fsp3) is 0.833. The van der Waals surface area contributed by atoms with Gasteiger partial charge in [0.15, 0.2) is 0 Å². The van der Waals surface area contributed by atoms with Crippen LogP contribution in [0, 0.1) is 0 Å². The van der Waals surface area contributed by atoms with Crippen molar-refractivity contribution in [1.29, 1.82) is 0 Å². The first-order chi connectivity index (χ1) is 8.68. The second-order valence-corrected chi connectivity index (χ2v) is 4.84. The maximum atomic E-state index is 12.1. The number of hydrogen-bond acceptors (Lipinski definition) is 4. The van der Waals surface area contributed by atoms with Gasteiger partial charge in [0.2, 0.25) is 5.91 Å². The fourth-order valence-corrected chi connectivity index (χ4v) is 2.55. The summed E-state index contributed by atoms with van der Waals surface area (Å²) in [4.78, 5) is 24.8. The molecule has 2 unspecified atom stereocenters. The molecule has 2 aliphatic rings. The normalized spacial score (nSPS) is 29.0. The number of carbonyl (C=O) groups excluding carboxylic acids is 1. The molecule has 0 bridgehead atoms. The number of piperidine rings is 1. The summed E-state index contributed by atoms with van der Waals surface area (Å²) in [5.74, 6) is -0.999. The summed E-state index contributed by atoms with van der Waals surface area (Å²) in [6.07, 6.45) is 2.48. The molecule has 2 heterocycles. The average molecular weight is 256 g/mol. The zero-order chi connectivity index (χ0) is 13.0. The van der Waals surface area contributed by atoms with Crippen LogP contribution in [0.2, 0.25) is 0 Å². The maximum absolute atomic E-state index is 12.1. The van der Waals surface area contributed by atoms with Crippen molar-refractivity contribution in [2.24, 2.45) is 0 Å². The van der Waals surface area contributed by atoms with Crippen molar-refractivity contribution in [3.8, 4) is 0 Å². The lowest BCUT2D eigenvalue weighted by molar-refractivity contribution is -0.153. The van der Waals surface area contributed by atoms with Crippen LogP contribution in [0.3, 0.4) is 0 Å². The number of carbonyl (C=O) groups is 2. The van der Waals surface area contributed by atoms with Gasteiger partial charge in [-0.3, -0.25) is 4.79 Å². The summed E-state index contributed by atoms with van der Waals surface area (Å²) in [5, 5.41) is 12.3. The lowest BCUT2D eigenvalue weighted by Crippen LogP contribution is -2.50. The number of hydrogen-bond donors (Lipinski definition) is 2. The molecule has 0 spiro atoms. The molecule has 2 saturated heterocycles. The van der Waals surface area contributed by atoms with Crippen molar-refractivity contribution >= 4 is 11.9 Å². The molecule has 18 heavy (non-hydrogen) atoms. The van der Waals surface area contributed by atoms with Crippen LogP contribution in [0.1, 0.15) is 25.7 Å². The molecule has 2 aliphatic heterocycles. The number of rotatable bonds is 3. The Kier molecular flexibility index (Phi) is 4.54. The first-order valence-electron chi connectivity index (χ1n) is 6.53. The summed E-state index contributed by atoms with van der Waals surface area (Å²) in [6, 6.07) is -0.650. The first-order valence-corrected chi connectivity index (χ1v) is 6.53. The van der Waals surface area contributed by atoms with Gasteiger partial charge in [-0.25, -0.2) is 4.79 Å². The number of aliphatic carboxylic acids is 1. The van der Waals surface area contributed by atoms with Crippen molar-refractivity contribution in [3.05, 3.63) is 0 Å². The largest absolute Gasteiger partial charge is 0.480 e.